The Morgan fingerprint density at radius 1 is 0.880 bits per heavy atom. The lowest BCUT2D eigenvalue weighted by Crippen LogP contribution is -2.49. The molecule has 6 heteroatoms. The number of carbonyl (C=O) groups excluding carboxylic acids is 2. The highest BCUT2D eigenvalue weighted by atomic mass is 16.4. The monoisotopic (exact) mass is 344 g/mol. The summed E-state index contributed by atoms with van der Waals surface area (Å²) in [7, 11) is 0. The quantitative estimate of drug-likeness (QED) is 0.908. The number of amides is 2. The van der Waals surface area contributed by atoms with Crippen molar-refractivity contribution in [2.75, 3.05) is 26.2 Å². The fraction of sp³-hybridized carbons (Fsp3) is 0.526. The van der Waals surface area contributed by atoms with E-state index in [4.69, 9.17) is 0 Å². The molecule has 134 valence electrons. The molecule has 0 unspecified atom stereocenters. The van der Waals surface area contributed by atoms with Crippen LogP contribution in [0.15, 0.2) is 30.3 Å². The highest BCUT2D eigenvalue weighted by Crippen LogP contribution is 2.24. The number of carbonyl (C=O) groups is 3. The third kappa shape index (κ3) is 4.00. The van der Waals surface area contributed by atoms with Crippen molar-refractivity contribution < 1.29 is 19.5 Å². The van der Waals surface area contributed by atoms with Crippen LogP contribution in [0.5, 0.6) is 0 Å². The van der Waals surface area contributed by atoms with Gasteiger partial charge < -0.3 is 14.9 Å². The lowest BCUT2D eigenvalue weighted by molar-refractivity contribution is -0.147. The fourth-order valence-electron chi connectivity index (χ4n) is 3.76. The summed E-state index contributed by atoms with van der Waals surface area (Å²) in [4.78, 5) is 40.1. The smallest absolute Gasteiger partial charge is 0.308 e. The van der Waals surface area contributed by atoms with Gasteiger partial charge in [-0.25, -0.2) is 0 Å². The Morgan fingerprint density at radius 2 is 1.48 bits per heavy atom. The molecule has 2 fully saturated rings. The number of carboxylic acid groups (broad SMARTS) is 1. The first kappa shape index (κ1) is 17.5. The summed E-state index contributed by atoms with van der Waals surface area (Å²) < 4.78 is 0. The van der Waals surface area contributed by atoms with Crippen LogP contribution < -0.4 is 0 Å². The lowest BCUT2D eigenvalue weighted by atomic mass is 9.92. The summed E-state index contributed by atoms with van der Waals surface area (Å²) in [5.41, 5.74) is 0.638. The molecule has 2 aliphatic heterocycles. The molecule has 6 nitrogen and oxygen atoms in total. The van der Waals surface area contributed by atoms with Crippen molar-refractivity contribution in [2.45, 2.75) is 25.7 Å². The number of aliphatic carboxylic acids is 1. The molecule has 1 aromatic rings. The van der Waals surface area contributed by atoms with E-state index in [9.17, 15) is 19.5 Å². The van der Waals surface area contributed by atoms with Crippen LogP contribution in [0.1, 0.15) is 36.0 Å². The van der Waals surface area contributed by atoms with E-state index in [-0.39, 0.29) is 24.3 Å². The highest BCUT2D eigenvalue weighted by Gasteiger charge is 2.34. The van der Waals surface area contributed by atoms with E-state index in [0.717, 1.165) is 19.3 Å². The SMILES string of the molecule is O=C(O)[C@@H]1CCCN(C(=O)[C@H]2CCCN(C(=O)c3ccccc3)C2)C1. The number of carboxylic acids is 1. The van der Waals surface area contributed by atoms with E-state index in [1.54, 1.807) is 21.9 Å². The molecule has 0 aromatic heterocycles. The zero-order chi connectivity index (χ0) is 17.8. The molecule has 1 N–H and O–H groups in total. The van der Waals surface area contributed by atoms with Crippen molar-refractivity contribution >= 4 is 17.8 Å². The van der Waals surface area contributed by atoms with Crippen molar-refractivity contribution in [3.63, 3.8) is 0 Å². The number of benzene rings is 1. The maximum atomic E-state index is 12.8. The summed E-state index contributed by atoms with van der Waals surface area (Å²) in [5, 5.41) is 9.20. The fourth-order valence-corrected chi connectivity index (χ4v) is 3.76. The minimum Gasteiger partial charge on any atom is -0.481 e. The first-order valence-electron chi connectivity index (χ1n) is 8.92. The summed E-state index contributed by atoms with van der Waals surface area (Å²) in [6.45, 7) is 1.99. The van der Waals surface area contributed by atoms with Crippen LogP contribution in [-0.2, 0) is 9.59 Å². The van der Waals surface area contributed by atoms with E-state index in [0.29, 0.717) is 31.6 Å². The Hall–Kier alpha value is -2.37. The van der Waals surface area contributed by atoms with Gasteiger partial charge in [0.05, 0.1) is 11.8 Å². The molecular weight excluding hydrogens is 320 g/mol. The predicted octanol–water partition coefficient (Wildman–Crippen LogP) is 1.86. The molecule has 0 bridgehead atoms. The Balaban J connectivity index is 1.63. The second-order valence-electron chi connectivity index (χ2n) is 6.92. The van der Waals surface area contributed by atoms with Gasteiger partial charge in [-0.05, 0) is 37.8 Å². The van der Waals surface area contributed by atoms with Crippen molar-refractivity contribution in [1.29, 1.82) is 0 Å². The molecule has 2 saturated heterocycles. The van der Waals surface area contributed by atoms with Crippen molar-refractivity contribution in [3.8, 4) is 0 Å². The van der Waals surface area contributed by atoms with Gasteiger partial charge in [0.2, 0.25) is 5.91 Å². The van der Waals surface area contributed by atoms with Crippen molar-refractivity contribution in [2.24, 2.45) is 11.8 Å². The van der Waals surface area contributed by atoms with E-state index >= 15 is 0 Å². The number of nitrogens with zero attached hydrogens (tertiary/aromatic N) is 2. The molecule has 3 rings (SSSR count). The molecule has 2 heterocycles. The molecule has 2 aliphatic rings. The van der Waals surface area contributed by atoms with E-state index in [1.165, 1.54) is 0 Å². The first-order chi connectivity index (χ1) is 12.1. The number of piperidine rings is 2. The van der Waals surface area contributed by atoms with Crippen LogP contribution in [0, 0.1) is 11.8 Å². The van der Waals surface area contributed by atoms with E-state index < -0.39 is 11.9 Å². The number of hydrogen-bond acceptors (Lipinski definition) is 3. The molecule has 25 heavy (non-hydrogen) atoms. The second kappa shape index (κ2) is 7.68. The third-order valence-electron chi connectivity index (χ3n) is 5.16. The number of hydrogen-bond donors (Lipinski definition) is 1. The van der Waals surface area contributed by atoms with Gasteiger partial charge in [0, 0.05) is 31.7 Å². The topological polar surface area (TPSA) is 77.9 Å². The Bertz CT molecular complexity index is 646. The van der Waals surface area contributed by atoms with Crippen LogP contribution in [0.3, 0.4) is 0 Å². The predicted molar refractivity (Wildman–Crippen MR) is 92.0 cm³/mol. The van der Waals surface area contributed by atoms with Gasteiger partial charge in [-0.1, -0.05) is 18.2 Å². The summed E-state index contributed by atoms with van der Waals surface area (Å²) in [5.74, 6) is -1.57. The minimum absolute atomic E-state index is 0.00323. The summed E-state index contributed by atoms with van der Waals surface area (Å²) >= 11 is 0. The maximum absolute atomic E-state index is 12.8. The zero-order valence-corrected chi connectivity index (χ0v) is 14.3. The van der Waals surface area contributed by atoms with Crippen LogP contribution in [0.25, 0.3) is 0 Å². The average Bonchev–Trinajstić information content (AvgIpc) is 2.67. The van der Waals surface area contributed by atoms with Crippen LogP contribution in [0.4, 0.5) is 0 Å². The Labute approximate surface area is 147 Å². The lowest BCUT2D eigenvalue weighted by Gasteiger charge is -2.37. The third-order valence-corrected chi connectivity index (χ3v) is 5.16. The van der Waals surface area contributed by atoms with Gasteiger partial charge in [0.1, 0.15) is 0 Å². The summed E-state index contributed by atoms with van der Waals surface area (Å²) in [6.07, 6.45) is 2.90. The highest BCUT2D eigenvalue weighted by molar-refractivity contribution is 5.94. The van der Waals surface area contributed by atoms with Crippen molar-refractivity contribution in [3.05, 3.63) is 35.9 Å². The molecule has 0 spiro atoms. The van der Waals surface area contributed by atoms with Crippen molar-refractivity contribution in [1.82, 2.24) is 9.80 Å². The molecule has 1 aromatic carbocycles. The van der Waals surface area contributed by atoms with E-state index in [2.05, 4.69) is 0 Å². The molecule has 2 amide bonds. The van der Waals surface area contributed by atoms with Crippen LogP contribution >= 0.6 is 0 Å². The second-order valence-corrected chi connectivity index (χ2v) is 6.92. The van der Waals surface area contributed by atoms with Crippen LogP contribution in [-0.4, -0.2) is 58.9 Å². The van der Waals surface area contributed by atoms with Crippen LogP contribution in [0.2, 0.25) is 0 Å². The normalized spacial score (nSPS) is 24.0. The van der Waals surface area contributed by atoms with Gasteiger partial charge in [-0.3, -0.25) is 14.4 Å². The molecule has 2 atom stereocenters. The zero-order valence-electron chi connectivity index (χ0n) is 14.3. The number of likely N-dealkylation sites (tertiary alicyclic amines) is 2. The van der Waals surface area contributed by atoms with Gasteiger partial charge >= 0.3 is 5.97 Å². The first-order valence-corrected chi connectivity index (χ1v) is 8.92. The van der Waals surface area contributed by atoms with Gasteiger partial charge in [0.25, 0.3) is 5.91 Å². The standard InChI is InChI=1S/C19H24N2O4/c22-17(14-6-2-1-3-7-14)20-10-4-8-15(12-20)18(23)21-11-5-9-16(13-21)19(24)25/h1-3,6-7,15-16H,4-5,8-13H2,(H,24,25)/t15-,16+/m0/s1. The van der Waals surface area contributed by atoms with Gasteiger partial charge in [-0.2, -0.15) is 0 Å². The Morgan fingerprint density at radius 3 is 2.16 bits per heavy atom. The van der Waals surface area contributed by atoms with Gasteiger partial charge in [-0.15, -0.1) is 0 Å². The average molecular weight is 344 g/mol. The number of rotatable bonds is 3. The van der Waals surface area contributed by atoms with Gasteiger partial charge in [0.15, 0.2) is 0 Å². The molecule has 0 radical (unpaired) electrons. The minimum atomic E-state index is -0.831. The largest absolute Gasteiger partial charge is 0.481 e. The summed E-state index contributed by atoms with van der Waals surface area (Å²) in [6, 6.07) is 9.11. The molecular formula is C19H24N2O4. The maximum Gasteiger partial charge on any atom is 0.308 e. The molecule has 0 saturated carbocycles. The Kier molecular flexibility index (Phi) is 5.36. The molecule has 0 aliphatic carbocycles. The van der Waals surface area contributed by atoms with E-state index in [1.807, 2.05) is 18.2 Å².